The minimum atomic E-state index is -0.457. The Hall–Kier alpha value is -1.31. The SMILES string of the molecule is CC(C)[O-].CC(C)[O-].CC(C)[O-].CCC(C)(C)C(=O)CC(=O)OC.CCC(C)(C)C(=O)CC(=O)OC.[Al+3]. The molecule has 0 aliphatic carbocycles. The maximum absolute atomic E-state index is 11.4. The smallest absolute Gasteiger partial charge is 0.852 e. The first-order valence-corrected chi connectivity index (χ1v) is 12.2. The number of carbonyl (C=O) groups excluding carboxylic acids is 4. The van der Waals surface area contributed by atoms with Gasteiger partial charge in [0.05, 0.1) is 14.2 Å². The van der Waals surface area contributed by atoms with Crippen LogP contribution in [0.2, 0.25) is 0 Å². The van der Waals surface area contributed by atoms with Crippen LogP contribution in [-0.4, -0.2) is 73.4 Å². The van der Waals surface area contributed by atoms with E-state index in [0.717, 1.165) is 12.8 Å². The van der Waals surface area contributed by atoms with Gasteiger partial charge in [-0.2, -0.15) is 0 Å². The van der Waals surface area contributed by atoms with Gasteiger partial charge in [-0.3, -0.25) is 19.2 Å². The summed E-state index contributed by atoms with van der Waals surface area (Å²) in [6, 6.07) is 0. The molecule has 10 heteroatoms. The monoisotopic (exact) mass is 548 g/mol. The molecular weight excluding hydrogens is 495 g/mol. The predicted octanol–water partition coefficient (Wildman–Crippen LogP) is 1.99. The van der Waals surface area contributed by atoms with Crippen LogP contribution >= 0.6 is 0 Å². The molecule has 0 N–H and O–H groups in total. The third-order valence-electron chi connectivity index (χ3n) is 4.34. The first-order chi connectivity index (χ1) is 16.1. The molecule has 0 bridgehead atoms. The van der Waals surface area contributed by atoms with Crippen molar-refractivity contribution in [2.75, 3.05) is 14.2 Å². The second-order valence-corrected chi connectivity index (χ2v) is 9.97. The molecule has 0 unspecified atom stereocenters. The Bertz CT molecular complexity index is 520. The zero-order valence-electron chi connectivity index (χ0n) is 25.8. The largest absolute Gasteiger partial charge is 3.00 e. The number of esters is 2. The average Bonchev–Trinajstić information content (AvgIpc) is 2.72. The molecule has 0 radical (unpaired) electrons. The van der Waals surface area contributed by atoms with Gasteiger partial charge in [0.15, 0.2) is 0 Å². The zero-order chi connectivity index (χ0) is 30.3. The van der Waals surface area contributed by atoms with E-state index in [1.54, 1.807) is 41.5 Å². The summed E-state index contributed by atoms with van der Waals surface area (Å²) in [5, 5.41) is 28.6. The summed E-state index contributed by atoms with van der Waals surface area (Å²) in [6.07, 6.45) is 0.000333. The van der Waals surface area contributed by atoms with E-state index in [1.807, 2.05) is 41.5 Å². The Labute approximate surface area is 236 Å². The molecule has 218 valence electrons. The molecule has 0 aliphatic rings. The molecule has 0 heterocycles. The van der Waals surface area contributed by atoms with Gasteiger partial charge in [0.2, 0.25) is 0 Å². The van der Waals surface area contributed by atoms with Gasteiger partial charge in [-0.25, -0.2) is 0 Å². The maximum atomic E-state index is 11.4. The number of rotatable bonds is 8. The van der Waals surface area contributed by atoms with Gasteiger partial charge in [0.25, 0.3) is 0 Å². The second-order valence-electron chi connectivity index (χ2n) is 9.97. The quantitative estimate of drug-likeness (QED) is 0.251. The molecule has 0 fully saturated rings. The fourth-order valence-corrected chi connectivity index (χ4v) is 1.28. The van der Waals surface area contributed by atoms with Crippen LogP contribution in [0.15, 0.2) is 0 Å². The molecule has 0 aromatic rings. The topological polar surface area (TPSA) is 156 Å². The number of carbonyl (C=O) groups is 4. The maximum Gasteiger partial charge on any atom is 3.00 e. The zero-order valence-corrected chi connectivity index (χ0v) is 27.0. The normalized spacial score (nSPS) is 10.1. The Morgan fingerprint density at radius 1 is 0.595 bits per heavy atom. The Morgan fingerprint density at radius 2 is 0.757 bits per heavy atom. The van der Waals surface area contributed by atoms with E-state index in [0.29, 0.717) is 0 Å². The minimum Gasteiger partial charge on any atom is -0.852 e. The first-order valence-electron chi connectivity index (χ1n) is 12.2. The molecule has 0 spiro atoms. The molecule has 0 saturated carbocycles. The van der Waals surface area contributed by atoms with E-state index >= 15 is 0 Å². The van der Waals surface area contributed by atoms with Crippen molar-refractivity contribution in [3.8, 4) is 0 Å². The van der Waals surface area contributed by atoms with Crippen LogP contribution in [0.25, 0.3) is 0 Å². The molecular formula is C27H53AlO9. The van der Waals surface area contributed by atoms with Crippen LogP contribution in [0.4, 0.5) is 0 Å². The summed E-state index contributed by atoms with van der Waals surface area (Å²) < 4.78 is 8.80. The summed E-state index contributed by atoms with van der Waals surface area (Å²) in [7, 11) is 2.57. The van der Waals surface area contributed by atoms with Crippen LogP contribution in [0.1, 0.15) is 109 Å². The van der Waals surface area contributed by atoms with Crippen LogP contribution in [0.5, 0.6) is 0 Å². The molecule has 0 aromatic heterocycles. The minimum absolute atomic E-state index is 0. The molecule has 37 heavy (non-hydrogen) atoms. The number of methoxy groups -OCH3 is 2. The van der Waals surface area contributed by atoms with Crippen molar-refractivity contribution < 1.29 is 44.0 Å². The van der Waals surface area contributed by atoms with Crippen molar-refractivity contribution in [3.05, 3.63) is 0 Å². The van der Waals surface area contributed by atoms with Crippen molar-refractivity contribution in [2.24, 2.45) is 10.8 Å². The molecule has 0 rings (SSSR count). The Kier molecular flexibility index (Phi) is 36.5. The third kappa shape index (κ3) is 45.0. The molecule has 0 aliphatic heterocycles. The number of Topliss-reactive ketones (excluding diaryl/α,β-unsaturated/α-hetero) is 2. The summed E-state index contributed by atoms with van der Waals surface area (Å²) in [5.74, 6) is -1.03. The molecule has 0 saturated heterocycles. The van der Waals surface area contributed by atoms with Crippen molar-refractivity contribution >= 4 is 40.9 Å². The fourth-order valence-electron chi connectivity index (χ4n) is 1.28. The summed E-state index contributed by atoms with van der Waals surface area (Å²) in [6.45, 7) is 20.8. The number of hydrogen-bond donors (Lipinski definition) is 0. The van der Waals surface area contributed by atoms with Crippen molar-refractivity contribution in [2.45, 2.75) is 127 Å². The van der Waals surface area contributed by atoms with Gasteiger partial charge in [-0.1, -0.05) is 83.1 Å². The fraction of sp³-hybridized carbons (Fsp3) is 0.852. The average molecular weight is 549 g/mol. The van der Waals surface area contributed by atoms with Crippen molar-refractivity contribution in [1.82, 2.24) is 0 Å². The standard InChI is InChI=1S/2C9H16O3.3C3H7O.Al/c2*1-5-9(2,3)7(10)6-8(11)12-4;3*1-3(2)4;/h2*5-6H2,1-4H3;3*3H,1-2H3;/q;;3*-1;+3. The van der Waals surface area contributed by atoms with Gasteiger partial charge in [-0.05, 0) is 12.8 Å². The number of hydrogen-bond acceptors (Lipinski definition) is 9. The first kappa shape index (κ1) is 48.7. The van der Waals surface area contributed by atoms with Crippen LogP contribution in [0, 0.1) is 10.8 Å². The van der Waals surface area contributed by atoms with Crippen molar-refractivity contribution in [1.29, 1.82) is 0 Å². The summed E-state index contributed by atoms with van der Waals surface area (Å²) in [4.78, 5) is 44.2. The number of ether oxygens (including phenoxy) is 2. The predicted molar refractivity (Wildman–Crippen MR) is 143 cm³/mol. The van der Waals surface area contributed by atoms with Crippen LogP contribution < -0.4 is 15.3 Å². The Morgan fingerprint density at radius 3 is 0.865 bits per heavy atom. The summed E-state index contributed by atoms with van der Waals surface area (Å²) >= 11 is 0. The van der Waals surface area contributed by atoms with E-state index in [9.17, 15) is 34.5 Å². The van der Waals surface area contributed by atoms with E-state index < -0.39 is 41.1 Å². The van der Waals surface area contributed by atoms with Crippen LogP contribution in [0.3, 0.4) is 0 Å². The van der Waals surface area contributed by atoms with Crippen LogP contribution in [-0.2, 0) is 28.7 Å². The molecule has 0 aromatic carbocycles. The number of ketones is 2. The molecule has 0 amide bonds. The van der Waals surface area contributed by atoms with E-state index in [-0.39, 0.29) is 41.8 Å². The van der Waals surface area contributed by atoms with Gasteiger partial charge in [0.1, 0.15) is 24.4 Å². The third-order valence-corrected chi connectivity index (χ3v) is 4.34. The van der Waals surface area contributed by atoms with E-state index in [2.05, 4.69) is 9.47 Å². The second kappa shape index (κ2) is 27.7. The van der Waals surface area contributed by atoms with E-state index in [1.165, 1.54) is 14.2 Å². The van der Waals surface area contributed by atoms with E-state index in [4.69, 9.17) is 0 Å². The molecule has 0 atom stereocenters. The van der Waals surface area contributed by atoms with Gasteiger partial charge >= 0.3 is 29.3 Å². The molecule has 9 nitrogen and oxygen atoms in total. The van der Waals surface area contributed by atoms with Crippen molar-refractivity contribution in [3.63, 3.8) is 0 Å². The van der Waals surface area contributed by atoms with Gasteiger partial charge in [-0.15, -0.1) is 18.3 Å². The van der Waals surface area contributed by atoms with Gasteiger partial charge < -0.3 is 24.8 Å². The Balaban J connectivity index is -0.0000000893. The van der Waals surface area contributed by atoms with Gasteiger partial charge in [0, 0.05) is 10.8 Å². The summed E-state index contributed by atoms with van der Waals surface area (Å²) in [5.41, 5.74) is -0.817.